The smallest absolute Gasteiger partial charge is 0.397 e. The number of guanidine groups is 1. The molecule has 3 aliphatic heterocycles. The Bertz CT molecular complexity index is 875. The highest BCUT2D eigenvalue weighted by Crippen LogP contribution is 2.28. The minimum Gasteiger partial charge on any atom is -0.489 e. The summed E-state index contributed by atoms with van der Waals surface area (Å²) in [5.74, 6) is 1.67. The number of urea groups is 1. The number of amides is 3. The number of aliphatic imine (C=N–C) groups is 1. The lowest BCUT2D eigenvalue weighted by atomic mass is 10.1. The fourth-order valence-electron chi connectivity index (χ4n) is 3.48. The Morgan fingerprint density at radius 3 is 2.92 bits per heavy atom. The van der Waals surface area contributed by atoms with Gasteiger partial charge in [-0.15, -0.1) is 0 Å². The molecule has 26 heavy (non-hydrogen) atoms. The predicted molar refractivity (Wildman–Crippen MR) is 96.8 cm³/mol. The molecule has 0 saturated carbocycles. The van der Waals surface area contributed by atoms with Gasteiger partial charge in [-0.2, -0.15) is 0 Å². The molecule has 0 radical (unpaired) electrons. The first-order valence-electron chi connectivity index (χ1n) is 8.41. The minimum absolute atomic E-state index is 0.244. The molecule has 0 aromatic heterocycles. The van der Waals surface area contributed by atoms with Crippen LogP contribution in [0.3, 0.4) is 0 Å². The first-order chi connectivity index (χ1) is 12.5. The van der Waals surface area contributed by atoms with Gasteiger partial charge in [-0.1, -0.05) is 23.7 Å². The van der Waals surface area contributed by atoms with E-state index in [2.05, 4.69) is 11.6 Å². The van der Waals surface area contributed by atoms with Crippen LogP contribution in [-0.4, -0.2) is 77.9 Å². The Morgan fingerprint density at radius 1 is 1.35 bits per heavy atom. The lowest BCUT2D eigenvalue weighted by Crippen LogP contribution is -2.61. The van der Waals surface area contributed by atoms with E-state index in [0.29, 0.717) is 31.5 Å². The van der Waals surface area contributed by atoms with Crippen LogP contribution in [0.1, 0.15) is 0 Å². The topological polar surface area (TPSA) is 68.5 Å². The molecular weight excluding hydrogens is 334 g/mol. The normalized spacial score (nSPS) is 21.8. The van der Waals surface area contributed by atoms with Crippen LogP contribution in [0.15, 0.2) is 41.9 Å². The van der Waals surface area contributed by atoms with Crippen LogP contribution in [0.4, 0.5) is 10.5 Å². The average Bonchev–Trinajstić information content (AvgIpc) is 3.22. The van der Waals surface area contributed by atoms with E-state index < -0.39 is 6.04 Å². The molecule has 3 amide bonds. The Kier molecular flexibility index (Phi) is 3.75. The quantitative estimate of drug-likeness (QED) is 0.591. The number of hydrogen-bond donors (Lipinski definition) is 0. The lowest BCUT2D eigenvalue weighted by Gasteiger charge is -2.31. The zero-order valence-corrected chi connectivity index (χ0v) is 14.8. The fourth-order valence-corrected chi connectivity index (χ4v) is 3.48. The molecule has 3 aliphatic rings. The summed E-state index contributed by atoms with van der Waals surface area (Å²) in [4.78, 5) is 34.1. The van der Waals surface area contributed by atoms with Gasteiger partial charge >= 0.3 is 12.0 Å². The van der Waals surface area contributed by atoms with Crippen molar-refractivity contribution in [2.24, 2.45) is 4.99 Å². The predicted octanol–water partition coefficient (Wildman–Crippen LogP) is 0.744. The first kappa shape index (κ1) is 16.3. The highest BCUT2D eigenvalue weighted by Gasteiger charge is 2.54. The number of benzene rings is 1. The number of nitrogens with zero attached hydrogens (tertiary/aromatic N) is 5. The third kappa shape index (κ3) is 2.29. The number of hydrogen-bond acceptors (Lipinski definition) is 5. The summed E-state index contributed by atoms with van der Waals surface area (Å²) in [6.07, 6.45) is 1.70. The molecule has 1 atom stereocenters. The minimum atomic E-state index is -0.539. The molecule has 0 N–H and O–H groups in total. The van der Waals surface area contributed by atoms with Crippen LogP contribution in [-0.2, 0) is 4.79 Å². The Hall–Kier alpha value is -3.16. The molecular formula is C18H20N5O3+. The van der Waals surface area contributed by atoms with Crippen molar-refractivity contribution in [2.75, 3.05) is 38.7 Å². The summed E-state index contributed by atoms with van der Waals surface area (Å²) in [7, 11) is 3.15. The number of carbonyl (C=O) groups is 2. The molecule has 1 saturated heterocycles. The van der Waals surface area contributed by atoms with Gasteiger partial charge in [-0.25, -0.2) is 14.3 Å². The number of carbonyl (C=O) groups excluding carboxylic acids is 2. The molecule has 3 heterocycles. The second-order valence-corrected chi connectivity index (χ2v) is 6.35. The highest BCUT2D eigenvalue weighted by atomic mass is 16.5. The average molecular weight is 354 g/mol. The molecule has 1 unspecified atom stereocenters. The van der Waals surface area contributed by atoms with Crippen LogP contribution in [0.25, 0.3) is 0 Å². The number of rotatable bonds is 4. The van der Waals surface area contributed by atoms with E-state index >= 15 is 0 Å². The SMILES string of the molecule is C=CCOc1cccc(N2CC[N+]3=C2N=C2C3C(=O)N(C)C(=O)N2C)c1. The maximum atomic E-state index is 12.6. The molecule has 134 valence electrons. The molecule has 8 heteroatoms. The summed E-state index contributed by atoms with van der Waals surface area (Å²) < 4.78 is 7.56. The van der Waals surface area contributed by atoms with Crippen LogP contribution in [0.2, 0.25) is 0 Å². The van der Waals surface area contributed by atoms with Gasteiger partial charge < -0.3 is 4.74 Å². The van der Waals surface area contributed by atoms with Crippen LogP contribution >= 0.6 is 0 Å². The maximum absolute atomic E-state index is 12.6. The molecule has 0 spiro atoms. The van der Waals surface area contributed by atoms with Gasteiger partial charge in [-0.3, -0.25) is 14.6 Å². The third-order valence-electron chi connectivity index (χ3n) is 4.81. The van der Waals surface area contributed by atoms with Crippen molar-refractivity contribution in [2.45, 2.75) is 6.04 Å². The Labute approximate surface area is 151 Å². The van der Waals surface area contributed by atoms with E-state index in [-0.39, 0.29) is 11.9 Å². The van der Waals surface area contributed by atoms with Crippen molar-refractivity contribution < 1.29 is 18.9 Å². The first-order valence-corrected chi connectivity index (χ1v) is 8.41. The van der Waals surface area contributed by atoms with Gasteiger partial charge in [0.15, 0.2) is 0 Å². The maximum Gasteiger partial charge on any atom is 0.397 e. The molecule has 0 bridgehead atoms. The molecule has 1 aromatic rings. The van der Waals surface area contributed by atoms with Crippen LogP contribution < -0.4 is 9.64 Å². The van der Waals surface area contributed by atoms with Gasteiger partial charge in [0, 0.05) is 20.2 Å². The standard InChI is InChI=1S/C18H20N5O3/c1-4-10-26-13-7-5-6-12(11-13)22-8-9-23-14-15(19-17(22)23)20(2)18(25)21(3)16(14)24/h4-7,11,14H,1,8-10H2,2-3H3/q+1. The van der Waals surface area contributed by atoms with Crippen molar-refractivity contribution in [1.29, 1.82) is 0 Å². The fraction of sp³-hybridized carbons (Fsp3) is 0.333. The zero-order valence-electron chi connectivity index (χ0n) is 14.8. The van der Waals surface area contributed by atoms with Crippen molar-refractivity contribution >= 4 is 29.4 Å². The van der Waals surface area contributed by atoms with Crippen molar-refractivity contribution in [3.63, 3.8) is 0 Å². The van der Waals surface area contributed by atoms with Gasteiger partial charge in [-0.05, 0) is 12.1 Å². The second-order valence-electron chi connectivity index (χ2n) is 6.35. The van der Waals surface area contributed by atoms with Gasteiger partial charge in [0.1, 0.15) is 24.6 Å². The van der Waals surface area contributed by atoms with Crippen LogP contribution in [0, 0.1) is 0 Å². The van der Waals surface area contributed by atoms with Gasteiger partial charge in [0.05, 0.1) is 6.54 Å². The summed E-state index contributed by atoms with van der Waals surface area (Å²) in [6.45, 7) is 5.46. The number of likely N-dealkylation sites (N-methyl/N-ethyl adjacent to an activating group) is 2. The van der Waals surface area contributed by atoms with Crippen molar-refractivity contribution in [1.82, 2.24) is 9.80 Å². The highest BCUT2D eigenvalue weighted by molar-refractivity contribution is 6.24. The van der Waals surface area contributed by atoms with Crippen molar-refractivity contribution in [3.8, 4) is 5.75 Å². The zero-order chi connectivity index (χ0) is 18.4. The molecule has 1 aromatic carbocycles. The van der Waals surface area contributed by atoms with E-state index in [4.69, 9.17) is 4.74 Å². The number of imide groups is 1. The number of amidine groups is 1. The monoisotopic (exact) mass is 354 g/mol. The summed E-state index contributed by atoms with van der Waals surface area (Å²) in [6, 6.07) is 6.81. The van der Waals surface area contributed by atoms with Crippen molar-refractivity contribution in [3.05, 3.63) is 36.9 Å². The largest absolute Gasteiger partial charge is 0.489 e. The third-order valence-corrected chi connectivity index (χ3v) is 4.81. The van der Waals surface area contributed by atoms with E-state index in [9.17, 15) is 9.59 Å². The van der Waals surface area contributed by atoms with E-state index in [1.807, 2.05) is 33.7 Å². The van der Waals surface area contributed by atoms with Gasteiger partial charge in [0.25, 0.3) is 5.91 Å². The second kappa shape index (κ2) is 5.98. The summed E-state index contributed by atoms with van der Waals surface area (Å²) >= 11 is 0. The van der Waals surface area contributed by atoms with E-state index in [0.717, 1.165) is 16.3 Å². The number of anilines is 1. The Morgan fingerprint density at radius 2 is 2.15 bits per heavy atom. The van der Waals surface area contributed by atoms with Gasteiger partial charge in [0.2, 0.25) is 11.9 Å². The molecule has 8 nitrogen and oxygen atoms in total. The summed E-state index contributed by atoms with van der Waals surface area (Å²) in [5, 5.41) is 0. The number of fused-ring (bicyclic) bond motifs is 2. The van der Waals surface area contributed by atoms with Crippen LogP contribution in [0.5, 0.6) is 5.75 Å². The lowest BCUT2D eigenvalue weighted by molar-refractivity contribution is -0.525. The van der Waals surface area contributed by atoms with E-state index in [1.54, 1.807) is 13.1 Å². The van der Waals surface area contributed by atoms with E-state index in [1.165, 1.54) is 11.9 Å². The molecule has 4 rings (SSSR count). The molecule has 0 aliphatic carbocycles. The summed E-state index contributed by atoms with van der Waals surface area (Å²) in [5.41, 5.74) is 0.932. The Balaban J connectivity index is 1.68. The molecule has 1 fully saturated rings. The number of ether oxygens (including phenoxy) is 1.